The lowest BCUT2D eigenvalue weighted by Gasteiger charge is -1.95. The summed E-state index contributed by atoms with van der Waals surface area (Å²) < 4.78 is 0. The van der Waals surface area contributed by atoms with E-state index in [9.17, 15) is 0 Å². The van der Waals surface area contributed by atoms with E-state index in [1.165, 1.54) is 0 Å². The van der Waals surface area contributed by atoms with E-state index in [4.69, 9.17) is 5.73 Å². The van der Waals surface area contributed by atoms with Crippen LogP contribution in [0.3, 0.4) is 0 Å². The molecule has 0 fully saturated rings. The number of alkyl halides is 1. The number of hydrogen-bond donors (Lipinski definition) is 1. The van der Waals surface area contributed by atoms with Gasteiger partial charge in [-0.25, -0.2) is 0 Å². The van der Waals surface area contributed by atoms with E-state index in [0.717, 1.165) is 5.71 Å². The normalized spacial score (nSPS) is 27.5. The highest BCUT2D eigenvalue weighted by Gasteiger charge is 2.16. The van der Waals surface area contributed by atoms with Gasteiger partial charge in [0.1, 0.15) is 10.7 Å². The molecule has 1 atom stereocenters. The van der Waals surface area contributed by atoms with Crippen molar-refractivity contribution < 1.29 is 0 Å². The van der Waals surface area contributed by atoms with Crippen molar-refractivity contribution in [3.05, 3.63) is 0 Å². The van der Waals surface area contributed by atoms with Gasteiger partial charge in [0.2, 0.25) is 0 Å². The SMILES string of the molecule is CC1=NN=C(N)[C@@H]1Br. The molecule has 1 aliphatic rings. The van der Waals surface area contributed by atoms with Gasteiger partial charge in [-0.2, -0.15) is 5.10 Å². The van der Waals surface area contributed by atoms with Crippen molar-refractivity contribution in [2.75, 3.05) is 0 Å². The summed E-state index contributed by atoms with van der Waals surface area (Å²) in [5.74, 6) is 0.544. The van der Waals surface area contributed by atoms with Gasteiger partial charge in [0.25, 0.3) is 0 Å². The van der Waals surface area contributed by atoms with Gasteiger partial charge in [-0.15, -0.1) is 5.10 Å². The summed E-state index contributed by atoms with van der Waals surface area (Å²) in [6.07, 6.45) is 0. The molecule has 1 heterocycles. The first-order valence-electron chi connectivity index (χ1n) is 2.23. The highest BCUT2D eigenvalue weighted by molar-refractivity contribution is 9.10. The van der Waals surface area contributed by atoms with Crippen LogP contribution in [0.4, 0.5) is 0 Å². The summed E-state index contributed by atoms with van der Waals surface area (Å²) >= 11 is 3.28. The zero-order valence-electron chi connectivity index (χ0n) is 4.43. The quantitative estimate of drug-likeness (QED) is 0.536. The summed E-state index contributed by atoms with van der Waals surface area (Å²) in [6, 6.07) is 0. The molecule has 44 valence electrons. The van der Waals surface area contributed by atoms with Crippen LogP contribution in [0.2, 0.25) is 0 Å². The number of nitrogens with two attached hydrogens (primary N) is 1. The largest absolute Gasteiger partial charge is 0.384 e. The molecule has 1 aliphatic heterocycles. The molecule has 0 aromatic carbocycles. The standard InChI is InChI=1S/C4H6BrN3/c1-2-3(5)4(6)8-7-2/h3H,1H3,(H2,6,8)/t3-/m1/s1. The van der Waals surface area contributed by atoms with Gasteiger partial charge in [0.05, 0.1) is 5.71 Å². The highest BCUT2D eigenvalue weighted by Crippen LogP contribution is 2.08. The van der Waals surface area contributed by atoms with Crippen LogP contribution in [0.1, 0.15) is 6.92 Å². The van der Waals surface area contributed by atoms with Crippen molar-refractivity contribution in [1.29, 1.82) is 0 Å². The fourth-order valence-electron chi connectivity index (χ4n) is 0.452. The first kappa shape index (κ1) is 5.75. The second-order valence-electron chi connectivity index (χ2n) is 1.63. The van der Waals surface area contributed by atoms with E-state index in [-0.39, 0.29) is 4.83 Å². The van der Waals surface area contributed by atoms with Crippen LogP contribution in [-0.4, -0.2) is 16.4 Å². The lowest BCUT2D eigenvalue weighted by Crippen LogP contribution is -2.24. The minimum absolute atomic E-state index is 0.0718. The Labute approximate surface area is 55.8 Å². The van der Waals surface area contributed by atoms with Crippen molar-refractivity contribution in [2.45, 2.75) is 11.8 Å². The van der Waals surface area contributed by atoms with E-state index < -0.39 is 0 Å². The predicted octanol–water partition coefficient (Wildman–Crippen LogP) is 0.497. The number of amidine groups is 1. The van der Waals surface area contributed by atoms with Crippen molar-refractivity contribution >= 4 is 27.5 Å². The molecule has 0 bridgehead atoms. The molecule has 0 radical (unpaired) electrons. The van der Waals surface area contributed by atoms with E-state index in [0.29, 0.717) is 5.84 Å². The van der Waals surface area contributed by atoms with Gasteiger partial charge in [-0.3, -0.25) is 0 Å². The molecular weight excluding hydrogens is 170 g/mol. The van der Waals surface area contributed by atoms with E-state index in [2.05, 4.69) is 26.1 Å². The Morgan fingerprint density at radius 1 is 1.62 bits per heavy atom. The predicted molar refractivity (Wildman–Crippen MR) is 37.4 cm³/mol. The van der Waals surface area contributed by atoms with Gasteiger partial charge in [-0.1, -0.05) is 15.9 Å². The smallest absolute Gasteiger partial charge is 0.142 e. The number of halogens is 1. The zero-order valence-corrected chi connectivity index (χ0v) is 6.01. The third kappa shape index (κ3) is 0.753. The summed E-state index contributed by atoms with van der Waals surface area (Å²) in [5, 5.41) is 7.36. The number of nitrogens with zero attached hydrogens (tertiary/aromatic N) is 2. The molecule has 1 rings (SSSR count). The first-order valence-corrected chi connectivity index (χ1v) is 3.15. The van der Waals surface area contributed by atoms with Crippen LogP contribution in [-0.2, 0) is 0 Å². The zero-order chi connectivity index (χ0) is 6.15. The van der Waals surface area contributed by atoms with E-state index in [1.807, 2.05) is 6.92 Å². The van der Waals surface area contributed by atoms with Gasteiger partial charge in [0.15, 0.2) is 0 Å². The highest BCUT2D eigenvalue weighted by atomic mass is 79.9. The third-order valence-electron chi connectivity index (χ3n) is 0.950. The molecule has 0 aliphatic carbocycles. The Kier molecular flexibility index (Phi) is 1.33. The van der Waals surface area contributed by atoms with Gasteiger partial charge in [0, 0.05) is 0 Å². The fraction of sp³-hybridized carbons (Fsp3) is 0.500. The number of rotatable bonds is 0. The molecule has 8 heavy (non-hydrogen) atoms. The summed E-state index contributed by atoms with van der Waals surface area (Å²) in [4.78, 5) is 0.0718. The van der Waals surface area contributed by atoms with Gasteiger partial charge >= 0.3 is 0 Å². The average Bonchev–Trinajstić information content (AvgIpc) is 1.98. The van der Waals surface area contributed by atoms with Gasteiger partial charge in [-0.05, 0) is 6.92 Å². The van der Waals surface area contributed by atoms with Crippen molar-refractivity contribution in [3.63, 3.8) is 0 Å². The van der Waals surface area contributed by atoms with Crippen molar-refractivity contribution in [1.82, 2.24) is 0 Å². The second-order valence-corrected chi connectivity index (χ2v) is 2.54. The minimum atomic E-state index is 0.0718. The van der Waals surface area contributed by atoms with Crippen LogP contribution >= 0.6 is 15.9 Å². The Hall–Kier alpha value is -0.380. The molecule has 3 nitrogen and oxygen atoms in total. The molecule has 0 aromatic heterocycles. The first-order chi connectivity index (χ1) is 3.72. The maximum absolute atomic E-state index is 5.36. The number of hydrogen-bond acceptors (Lipinski definition) is 3. The summed E-state index contributed by atoms with van der Waals surface area (Å²) in [6.45, 7) is 1.88. The van der Waals surface area contributed by atoms with Gasteiger partial charge < -0.3 is 5.73 Å². The second kappa shape index (κ2) is 1.85. The Balaban J connectivity index is 2.75. The Bertz CT molecular complexity index is 143. The average molecular weight is 176 g/mol. The molecule has 0 saturated heterocycles. The monoisotopic (exact) mass is 175 g/mol. The molecule has 0 amide bonds. The summed E-state index contributed by atoms with van der Waals surface area (Å²) in [7, 11) is 0. The fourth-order valence-corrected chi connectivity index (χ4v) is 0.635. The van der Waals surface area contributed by atoms with E-state index in [1.54, 1.807) is 0 Å². The maximum Gasteiger partial charge on any atom is 0.142 e. The topological polar surface area (TPSA) is 50.7 Å². The van der Waals surface area contributed by atoms with E-state index >= 15 is 0 Å². The van der Waals surface area contributed by atoms with Crippen LogP contribution in [0.25, 0.3) is 0 Å². The Morgan fingerprint density at radius 3 is 2.38 bits per heavy atom. The van der Waals surface area contributed by atoms with Crippen LogP contribution in [0.5, 0.6) is 0 Å². The molecule has 4 heteroatoms. The molecule has 0 spiro atoms. The lowest BCUT2D eigenvalue weighted by atomic mass is 10.3. The van der Waals surface area contributed by atoms with Crippen LogP contribution in [0, 0.1) is 0 Å². The molecule has 0 aromatic rings. The van der Waals surface area contributed by atoms with Crippen LogP contribution < -0.4 is 5.73 Å². The maximum atomic E-state index is 5.36. The lowest BCUT2D eigenvalue weighted by molar-refractivity contribution is 1.25. The van der Waals surface area contributed by atoms with Crippen LogP contribution in [0.15, 0.2) is 10.2 Å². The Morgan fingerprint density at radius 2 is 2.25 bits per heavy atom. The molecular formula is C4H6BrN3. The minimum Gasteiger partial charge on any atom is -0.384 e. The van der Waals surface area contributed by atoms with Crippen molar-refractivity contribution in [2.24, 2.45) is 15.9 Å². The third-order valence-corrected chi connectivity index (χ3v) is 2.08. The van der Waals surface area contributed by atoms with Crippen molar-refractivity contribution in [3.8, 4) is 0 Å². The molecule has 2 N–H and O–H groups in total. The summed E-state index contributed by atoms with van der Waals surface area (Å²) in [5.41, 5.74) is 6.28. The molecule has 0 unspecified atom stereocenters. The molecule has 0 saturated carbocycles.